The van der Waals surface area contributed by atoms with Gasteiger partial charge < -0.3 is 58.8 Å². The Morgan fingerprint density at radius 3 is 0.615 bits per heavy atom. The summed E-state index contributed by atoms with van der Waals surface area (Å²) in [6, 6.07) is 0. The molecule has 0 aromatic rings. The van der Waals surface area contributed by atoms with E-state index in [2.05, 4.69) is 0 Å². The second kappa shape index (κ2) is 144. The summed E-state index contributed by atoms with van der Waals surface area (Å²) in [7, 11) is 0. The van der Waals surface area contributed by atoms with Crippen molar-refractivity contribution in [2.75, 3.05) is 0 Å². The monoisotopic (exact) mass is 346 g/mol. The fourth-order valence-electron chi connectivity index (χ4n) is 0. The van der Waals surface area contributed by atoms with E-state index in [1.807, 2.05) is 0 Å². The molecule has 0 aromatic carbocycles. The third kappa shape index (κ3) is 14400. The maximum Gasteiger partial charge on any atom is 3.00 e. The summed E-state index contributed by atoms with van der Waals surface area (Å²) in [5.41, 5.74) is 0. The molecule has 0 aliphatic carbocycles. The normalized spacial score (nSPS) is 1.85. The Morgan fingerprint density at radius 1 is 0.615 bits per heavy atom. The fourth-order valence-corrected chi connectivity index (χ4v) is 0. The van der Waals surface area contributed by atoms with Crippen LogP contribution in [0.15, 0.2) is 0 Å². The molecule has 0 fully saturated rings. The minimum Gasteiger partial charge on any atom is -0.652 e. The van der Waals surface area contributed by atoms with E-state index >= 15 is 0 Å². The Labute approximate surface area is 105 Å². The Kier molecular flexibility index (Phi) is 2050. The summed E-state index contributed by atoms with van der Waals surface area (Å²) in [5.74, 6) is 0. The van der Waals surface area contributed by atoms with Crippen LogP contribution in [0.4, 0.5) is 4.79 Å². The van der Waals surface area contributed by atoms with Crippen LogP contribution < -0.4 is 10.2 Å². The summed E-state index contributed by atoms with van der Waals surface area (Å²) < 4.78 is 0. The topological polar surface area (TPSA) is 315 Å². The summed E-state index contributed by atoms with van der Waals surface area (Å²) >= 11 is 0. The van der Waals surface area contributed by atoms with Crippen molar-refractivity contribution >= 4 is 6.16 Å². The van der Waals surface area contributed by atoms with E-state index in [1.165, 1.54) is 0 Å². The van der Waals surface area contributed by atoms with Crippen LogP contribution in [0.2, 0.25) is 0 Å². The molecule has 0 rings (SSSR count). The van der Waals surface area contributed by atoms with Crippen LogP contribution in [0.3, 0.4) is 0 Å². The van der Waals surface area contributed by atoms with Crippen molar-refractivity contribution in [3.8, 4) is 0 Å². The van der Waals surface area contributed by atoms with Crippen LogP contribution >= 0.6 is 0 Å². The van der Waals surface area contributed by atoms with Crippen molar-refractivity contribution in [3.05, 3.63) is 0 Å². The van der Waals surface area contributed by atoms with Gasteiger partial charge in [0.1, 0.15) is 0 Å². The summed E-state index contributed by atoms with van der Waals surface area (Å²) in [4.78, 5) is 8.33. The van der Waals surface area contributed by atoms with E-state index in [0.717, 1.165) is 0 Å². The van der Waals surface area contributed by atoms with Crippen LogP contribution in [-0.2, 0) is 0 Å². The summed E-state index contributed by atoms with van der Waals surface area (Å²) in [5, 5.41) is 16.7. The predicted molar refractivity (Wildman–Crippen MR) is 34.3 cm³/mol. The quantitative estimate of drug-likeness (QED) is 0.411. The zero-order valence-corrected chi connectivity index (χ0v) is 9.43. The molecule has 0 atom stereocenters. The molecule has 0 spiro atoms. The van der Waals surface area contributed by atoms with Gasteiger partial charge in [0, 0.05) is 0 Å². The Balaban J connectivity index is -0.00000000125. The largest absolute Gasteiger partial charge is 3.00 e. The smallest absolute Gasteiger partial charge is 0.652 e. The van der Waals surface area contributed by atoms with Crippen molar-refractivity contribution in [2.45, 2.75) is 0 Å². The third-order valence-electron chi connectivity index (χ3n) is 0. The first-order valence-electron chi connectivity index (χ1n) is 0.612. The molecule has 0 saturated carbocycles. The van der Waals surface area contributed by atoms with Gasteiger partial charge >= 0.3 is 40.8 Å². The van der Waals surface area contributed by atoms with E-state index in [9.17, 15) is 0 Å². The number of rotatable bonds is 0. The van der Waals surface area contributed by atoms with Crippen LogP contribution in [0, 0.1) is 40.8 Å². The number of carbonyl (C=O) groups is 1. The van der Waals surface area contributed by atoms with Gasteiger partial charge in [-0.3, -0.25) is 0 Å². The number of carbonyl (C=O) groups excluding carboxylic acids is 1. The SMILES string of the molecule is O.O.O.O.O.O.O.O.O=C([O-])[O-].[Nd+3]. The van der Waals surface area contributed by atoms with E-state index < -0.39 is 6.16 Å². The molecule has 0 heterocycles. The standard InChI is InChI=1S/CH2O3.Nd.8H2O/c2-1(3)4;;;;;;;;;/h(H2,2,3,4);;8*1H2/q;+3;;;;;;;;/p-2. The molecular formula is CH16NdO11+. The number of hydrogen-bond acceptors (Lipinski definition) is 3. The first-order valence-corrected chi connectivity index (χ1v) is 0.612. The maximum absolute atomic E-state index is 8.33. The first kappa shape index (κ1) is 185. The van der Waals surface area contributed by atoms with E-state index in [1.54, 1.807) is 0 Å². The summed E-state index contributed by atoms with van der Waals surface area (Å²) in [6.07, 6.45) is -2.33. The Bertz CT molecular complexity index is 33.1. The van der Waals surface area contributed by atoms with Gasteiger partial charge in [0.25, 0.3) is 0 Å². The molecule has 0 unspecified atom stereocenters. The molecule has 0 aliphatic heterocycles. The third-order valence-corrected chi connectivity index (χ3v) is 0. The zero-order valence-electron chi connectivity index (χ0n) is 6.22. The average molecular weight is 348 g/mol. The maximum atomic E-state index is 8.33. The van der Waals surface area contributed by atoms with Crippen molar-refractivity contribution in [1.29, 1.82) is 0 Å². The van der Waals surface area contributed by atoms with Crippen LogP contribution in [0.25, 0.3) is 0 Å². The van der Waals surface area contributed by atoms with Crippen molar-refractivity contribution in [2.24, 2.45) is 0 Å². The van der Waals surface area contributed by atoms with Gasteiger partial charge in [0.05, 0.1) is 0 Å². The molecule has 13 heavy (non-hydrogen) atoms. The molecule has 1 radical (unpaired) electrons. The van der Waals surface area contributed by atoms with Gasteiger partial charge in [-0.1, -0.05) is 0 Å². The summed E-state index contributed by atoms with van der Waals surface area (Å²) in [6.45, 7) is 0. The van der Waals surface area contributed by atoms with E-state index in [0.29, 0.717) is 0 Å². The molecule has 89 valence electrons. The second-order valence-corrected chi connectivity index (χ2v) is 0.250. The molecule has 0 amide bonds. The molecule has 0 saturated heterocycles. The van der Waals surface area contributed by atoms with Gasteiger partial charge in [-0.25, -0.2) is 0 Å². The van der Waals surface area contributed by atoms with Gasteiger partial charge in [-0.2, -0.15) is 0 Å². The molecule has 0 aromatic heterocycles. The Hall–Kier alpha value is 0.301. The van der Waals surface area contributed by atoms with Gasteiger partial charge in [0.15, 0.2) is 0 Å². The van der Waals surface area contributed by atoms with Gasteiger partial charge in [-0.05, 0) is 6.16 Å². The van der Waals surface area contributed by atoms with E-state index in [-0.39, 0.29) is 84.6 Å². The minimum absolute atomic E-state index is 0. The van der Waals surface area contributed by atoms with Crippen molar-refractivity contribution in [3.63, 3.8) is 0 Å². The van der Waals surface area contributed by atoms with Crippen molar-refractivity contribution in [1.82, 2.24) is 0 Å². The fraction of sp³-hybridized carbons (Fsp3) is 0. The molecule has 16 N–H and O–H groups in total. The molecule has 0 aliphatic rings. The molecule has 0 bridgehead atoms. The van der Waals surface area contributed by atoms with Crippen LogP contribution in [0.5, 0.6) is 0 Å². The zero-order chi connectivity index (χ0) is 3.58. The van der Waals surface area contributed by atoms with Crippen molar-refractivity contribution < 1.29 is 99.7 Å². The number of carboxylic acid groups (broad SMARTS) is 2. The van der Waals surface area contributed by atoms with Crippen LogP contribution in [0.1, 0.15) is 0 Å². The number of hydrogen-bond donors (Lipinski definition) is 0. The van der Waals surface area contributed by atoms with E-state index in [4.69, 9.17) is 15.0 Å². The van der Waals surface area contributed by atoms with Crippen LogP contribution in [-0.4, -0.2) is 50.0 Å². The molecule has 11 nitrogen and oxygen atoms in total. The first-order chi connectivity index (χ1) is 1.73. The average Bonchev–Trinajstić information content (AvgIpc) is 0.811. The minimum atomic E-state index is -2.33. The van der Waals surface area contributed by atoms with Gasteiger partial charge in [-0.15, -0.1) is 0 Å². The molecule has 12 heteroatoms. The second-order valence-electron chi connectivity index (χ2n) is 0.250. The molecular weight excluding hydrogens is 332 g/mol. The Morgan fingerprint density at radius 2 is 0.615 bits per heavy atom. The van der Waals surface area contributed by atoms with Gasteiger partial charge in [0.2, 0.25) is 0 Å². The predicted octanol–water partition coefficient (Wildman–Crippen LogP) is -9.04.